The fourth-order valence-corrected chi connectivity index (χ4v) is 4.11. The van der Waals surface area contributed by atoms with Crippen molar-refractivity contribution in [3.8, 4) is 0 Å². The SMILES string of the molecule is CC1CC(C)CN(CCC(=O)N2CCN(c3ccccn3)CC2)C1. The molecule has 0 saturated carbocycles. The predicted molar refractivity (Wildman–Crippen MR) is 97.0 cm³/mol. The Kier molecular flexibility index (Phi) is 5.72. The summed E-state index contributed by atoms with van der Waals surface area (Å²) in [6.45, 7) is 11.2. The molecular formula is C19H30N4O. The van der Waals surface area contributed by atoms with Gasteiger partial charge in [0.05, 0.1) is 0 Å². The van der Waals surface area contributed by atoms with Gasteiger partial charge in [0.1, 0.15) is 5.82 Å². The number of anilines is 1. The molecule has 132 valence electrons. The highest BCUT2D eigenvalue weighted by Crippen LogP contribution is 2.21. The van der Waals surface area contributed by atoms with Crippen molar-refractivity contribution in [3.05, 3.63) is 24.4 Å². The van der Waals surface area contributed by atoms with Crippen LogP contribution in [0.4, 0.5) is 5.82 Å². The Morgan fingerprint density at radius 2 is 1.83 bits per heavy atom. The smallest absolute Gasteiger partial charge is 0.223 e. The molecule has 1 aromatic rings. The van der Waals surface area contributed by atoms with E-state index in [1.54, 1.807) is 0 Å². The molecule has 0 aromatic carbocycles. The third-order valence-corrected chi connectivity index (χ3v) is 5.19. The lowest BCUT2D eigenvalue weighted by Gasteiger charge is -2.37. The Morgan fingerprint density at radius 3 is 2.46 bits per heavy atom. The number of piperidine rings is 1. The van der Waals surface area contributed by atoms with Crippen LogP contribution >= 0.6 is 0 Å². The number of hydrogen-bond acceptors (Lipinski definition) is 4. The normalized spacial score (nSPS) is 25.8. The summed E-state index contributed by atoms with van der Waals surface area (Å²) in [5.41, 5.74) is 0. The maximum absolute atomic E-state index is 12.5. The van der Waals surface area contributed by atoms with Crippen LogP contribution in [-0.2, 0) is 4.79 Å². The van der Waals surface area contributed by atoms with Crippen molar-refractivity contribution in [2.45, 2.75) is 26.7 Å². The van der Waals surface area contributed by atoms with E-state index < -0.39 is 0 Å². The zero-order valence-corrected chi connectivity index (χ0v) is 15.0. The third kappa shape index (κ3) is 4.47. The highest BCUT2D eigenvalue weighted by molar-refractivity contribution is 5.76. The number of nitrogens with zero attached hydrogens (tertiary/aromatic N) is 4. The number of carbonyl (C=O) groups excluding carboxylic acids is 1. The number of piperazine rings is 1. The number of rotatable bonds is 4. The molecule has 2 fully saturated rings. The predicted octanol–water partition coefficient (Wildman–Crippen LogP) is 2.10. The van der Waals surface area contributed by atoms with E-state index in [9.17, 15) is 4.79 Å². The Balaban J connectivity index is 1.42. The zero-order valence-electron chi connectivity index (χ0n) is 15.0. The van der Waals surface area contributed by atoms with E-state index in [-0.39, 0.29) is 0 Å². The molecule has 0 spiro atoms. The average Bonchev–Trinajstić information content (AvgIpc) is 2.60. The fourth-order valence-electron chi connectivity index (χ4n) is 4.11. The molecule has 5 heteroatoms. The topological polar surface area (TPSA) is 39.7 Å². The first kappa shape index (κ1) is 17.2. The molecule has 5 nitrogen and oxygen atoms in total. The number of hydrogen-bond donors (Lipinski definition) is 0. The minimum atomic E-state index is 0.307. The van der Waals surface area contributed by atoms with Gasteiger partial charge in [0.15, 0.2) is 0 Å². The molecule has 24 heavy (non-hydrogen) atoms. The average molecular weight is 330 g/mol. The summed E-state index contributed by atoms with van der Waals surface area (Å²) in [7, 11) is 0. The summed E-state index contributed by atoms with van der Waals surface area (Å²) in [6, 6.07) is 5.99. The van der Waals surface area contributed by atoms with Crippen molar-refractivity contribution >= 4 is 11.7 Å². The standard InChI is InChI=1S/C19H30N4O/c1-16-13-17(2)15-21(14-16)8-6-19(24)23-11-9-22(10-12-23)18-5-3-4-7-20-18/h3-5,7,16-17H,6,8-15H2,1-2H3. The van der Waals surface area contributed by atoms with Crippen LogP contribution in [0.3, 0.4) is 0 Å². The molecule has 2 saturated heterocycles. The molecule has 2 unspecified atom stereocenters. The van der Waals surface area contributed by atoms with Gasteiger partial charge in [0, 0.05) is 58.4 Å². The van der Waals surface area contributed by atoms with Gasteiger partial charge < -0.3 is 14.7 Å². The van der Waals surface area contributed by atoms with Crippen LogP contribution < -0.4 is 4.90 Å². The van der Waals surface area contributed by atoms with Crippen molar-refractivity contribution < 1.29 is 4.79 Å². The minimum absolute atomic E-state index is 0.307. The highest BCUT2D eigenvalue weighted by atomic mass is 16.2. The minimum Gasteiger partial charge on any atom is -0.353 e. The molecule has 3 heterocycles. The molecule has 2 aliphatic rings. The molecular weight excluding hydrogens is 300 g/mol. The van der Waals surface area contributed by atoms with Crippen molar-refractivity contribution in [2.75, 3.05) is 50.7 Å². The first-order valence-corrected chi connectivity index (χ1v) is 9.28. The molecule has 0 N–H and O–H groups in total. The van der Waals surface area contributed by atoms with Crippen LogP contribution in [0.15, 0.2) is 24.4 Å². The van der Waals surface area contributed by atoms with Crippen molar-refractivity contribution in [3.63, 3.8) is 0 Å². The maximum Gasteiger partial charge on any atom is 0.223 e. The van der Waals surface area contributed by atoms with Crippen LogP contribution in [0.2, 0.25) is 0 Å². The highest BCUT2D eigenvalue weighted by Gasteiger charge is 2.25. The van der Waals surface area contributed by atoms with Crippen LogP contribution in [0.5, 0.6) is 0 Å². The Bertz CT molecular complexity index is 517. The van der Waals surface area contributed by atoms with E-state index in [0.29, 0.717) is 12.3 Å². The van der Waals surface area contributed by atoms with Crippen LogP contribution in [-0.4, -0.2) is 66.5 Å². The largest absolute Gasteiger partial charge is 0.353 e. The summed E-state index contributed by atoms with van der Waals surface area (Å²) < 4.78 is 0. The number of carbonyl (C=O) groups is 1. The summed E-state index contributed by atoms with van der Waals surface area (Å²) in [5, 5.41) is 0. The maximum atomic E-state index is 12.5. The van der Waals surface area contributed by atoms with Crippen molar-refractivity contribution in [2.24, 2.45) is 11.8 Å². The van der Waals surface area contributed by atoms with Crippen LogP contribution in [0, 0.1) is 11.8 Å². The number of amides is 1. The van der Waals surface area contributed by atoms with Gasteiger partial charge in [-0.05, 0) is 30.4 Å². The lowest BCUT2D eigenvalue weighted by Crippen LogP contribution is -2.49. The molecule has 0 radical (unpaired) electrons. The first-order valence-electron chi connectivity index (χ1n) is 9.28. The van der Waals surface area contributed by atoms with Gasteiger partial charge in [0.25, 0.3) is 0 Å². The number of pyridine rings is 1. The van der Waals surface area contributed by atoms with E-state index in [0.717, 1.165) is 63.5 Å². The number of aromatic nitrogens is 1. The molecule has 1 amide bonds. The lowest BCUT2D eigenvalue weighted by atomic mass is 9.92. The summed E-state index contributed by atoms with van der Waals surface area (Å²) in [5.74, 6) is 2.83. The summed E-state index contributed by atoms with van der Waals surface area (Å²) >= 11 is 0. The van der Waals surface area contributed by atoms with Gasteiger partial charge in [-0.1, -0.05) is 19.9 Å². The summed E-state index contributed by atoms with van der Waals surface area (Å²) in [6.07, 6.45) is 3.80. The Hall–Kier alpha value is -1.62. The molecule has 3 rings (SSSR count). The van der Waals surface area contributed by atoms with Gasteiger partial charge in [0.2, 0.25) is 5.91 Å². The summed E-state index contributed by atoms with van der Waals surface area (Å²) in [4.78, 5) is 23.7. The van der Waals surface area contributed by atoms with Gasteiger partial charge in [-0.15, -0.1) is 0 Å². The quantitative estimate of drug-likeness (QED) is 0.848. The van der Waals surface area contributed by atoms with E-state index in [4.69, 9.17) is 0 Å². The second kappa shape index (κ2) is 7.97. The van der Waals surface area contributed by atoms with Gasteiger partial charge in [-0.25, -0.2) is 4.98 Å². The molecule has 0 bridgehead atoms. The molecule has 1 aromatic heterocycles. The molecule has 2 aliphatic heterocycles. The van der Waals surface area contributed by atoms with E-state index in [2.05, 4.69) is 28.6 Å². The lowest BCUT2D eigenvalue weighted by molar-refractivity contribution is -0.132. The monoisotopic (exact) mass is 330 g/mol. The van der Waals surface area contributed by atoms with E-state index in [1.807, 2.05) is 29.3 Å². The van der Waals surface area contributed by atoms with Crippen LogP contribution in [0.1, 0.15) is 26.7 Å². The second-order valence-corrected chi connectivity index (χ2v) is 7.51. The first-order chi connectivity index (χ1) is 11.6. The van der Waals surface area contributed by atoms with E-state index in [1.165, 1.54) is 6.42 Å². The molecule has 2 atom stereocenters. The number of likely N-dealkylation sites (tertiary alicyclic amines) is 1. The third-order valence-electron chi connectivity index (χ3n) is 5.19. The fraction of sp³-hybridized carbons (Fsp3) is 0.684. The van der Waals surface area contributed by atoms with E-state index >= 15 is 0 Å². The molecule has 0 aliphatic carbocycles. The van der Waals surface area contributed by atoms with Gasteiger partial charge >= 0.3 is 0 Å². The second-order valence-electron chi connectivity index (χ2n) is 7.51. The van der Waals surface area contributed by atoms with Crippen molar-refractivity contribution in [1.82, 2.24) is 14.8 Å². The Labute approximate surface area is 145 Å². The van der Waals surface area contributed by atoms with Gasteiger partial charge in [-0.3, -0.25) is 4.79 Å². The van der Waals surface area contributed by atoms with Crippen LogP contribution in [0.25, 0.3) is 0 Å². The zero-order chi connectivity index (χ0) is 16.9. The Morgan fingerprint density at radius 1 is 1.12 bits per heavy atom. The van der Waals surface area contributed by atoms with Gasteiger partial charge in [-0.2, -0.15) is 0 Å². The van der Waals surface area contributed by atoms with Crippen molar-refractivity contribution in [1.29, 1.82) is 0 Å².